The van der Waals surface area contributed by atoms with E-state index in [4.69, 9.17) is 0 Å². The molecule has 0 radical (unpaired) electrons. The van der Waals surface area contributed by atoms with Gasteiger partial charge in [0, 0.05) is 0 Å². The number of aliphatic hydroxyl groups excluding tert-OH is 2. The molecular weight excluding hydrogens is 312 g/mol. The van der Waals surface area contributed by atoms with E-state index in [0.717, 1.165) is 54.9 Å². The Hall–Kier alpha value is -2.88. The molecule has 4 aromatic rings. The zero-order valence-electron chi connectivity index (χ0n) is 13.2. The molecule has 6 rings (SSSR count). The fourth-order valence-corrected chi connectivity index (χ4v) is 4.65. The first-order valence-electron chi connectivity index (χ1n) is 8.37. The number of rotatable bonds is 0. The van der Waals surface area contributed by atoms with Crippen molar-refractivity contribution in [3.05, 3.63) is 65.7 Å². The molecule has 2 aliphatic carbocycles. The minimum absolute atomic E-state index is 0.247. The second-order valence-electron chi connectivity index (χ2n) is 6.94. The minimum atomic E-state index is -0.931. The first-order chi connectivity index (χ1) is 12.1. The van der Waals surface area contributed by atoms with Gasteiger partial charge in [-0.25, -0.2) is 0 Å². The summed E-state index contributed by atoms with van der Waals surface area (Å²) in [7, 11) is 0. The van der Waals surface area contributed by atoms with Gasteiger partial charge in [-0.1, -0.05) is 36.4 Å². The normalized spacial score (nSPS) is 19.8. The molecule has 0 amide bonds. The molecule has 3 nitrogen and oxygen atoms in total. The van der Waals surface area contributed by atoms with E-state index in [-0.39, 0.29) is 5.75 Å². The van der Waals surface area contributed by atoms with E-state index in [1.54, 1.807) is 12.1 Å². The van der Waals surface area contributed by atoms with Crippen molar-refractivity contribution in [3.63, 3.8) is 0 Å². The molecule has 0 heterocycles. The Bertz CT molecular complexity index is 1240. The summed E-state index contributed by atoms with van der Waals surface area (Å²) in [5.41, 5.74) is 5.85. The third-order valence-corrected chi connectivity index (χ3v) is 5.71. The predicted molar refractivity (Wildman–Crippen MR) is 97.5 cm³/mol. The van der Waals surface area contributed by atoms with E-state index in [0.29, 0.717) is 0 Å². The van der Waals surface area contributed by atoms with Crippen LogP contribution in [0.5, 0.6) is 5.75 Å². The number of hydrogen-bond acceptors (Lipinski definition) is 3. The number of aliphatic hydroxyl groups is 2. The smallest absolute Gasteiger partial charge is 0.116 e. The number of aromatic hydroxyl groups is 1. The van der Waals surface area contributed by atoms with Crippen molar-refractivity contribution in [2.24, 2.45) is 0 Å². The van der Waals surface area contributed by atoms with Crippen LogP contribution in [0.1, 0.15) is 23.3 Å². The van der Waals surface area contributed by atoms with E-state index in [9.17, 15) is 15.3 Å². The van der Waals surface area contributed by atoms with Gasteiger partial charge in [-0.05, 0) is 73.1 Å². The minimum Gasteiger partial charge on any atom is -0.508 e. The molecule has 0 unspecified atom stereocenters. The lowest BCUT2D eigenvalue weighted by molar-refractivity contribution is 0.0178. The van der Waals surface area contributed by atoms with Crippen LogP contribution in [0.3, 0.4) is 0 Å². The van der Waals surface area contributed by atoms with Gasteiger partial charge in [-0.3, -0.25) is 0 Å². The number of phenolic OH excluding ortho intramolecular Hbond substituents is 1. The highest BCUT2D eigenvalue weighted by Gasteiger charge is 2.33. The summed E-state index contributed by atoms with van der Waals surface area (Å²) in [6.45, 7) is 0. The molecule has 2 atom stereocenters. The van der Waals surface area contributed by atoms with Gasteiger partial charge in [0.15, 0.2) is 0 Å². The van der Waals surface area contributed by atoms with E-state index in [1.807, 2.05) is 36.4 Å². The molecule has 0 bridgehead atoms. The first-order valence-corrected chi connectivity index (χ1v) is 8.37. The predicted octanol–water partition coefficient (Wildman–Crippen LogP) is 4.43. The van der Waals surface area contributed by atoms with Crippen molar-refractivity contribution in [1.82, 2.24) is 0 Å². The van der Waals surface area contributed by atoms with Crippen molar-refractivity contribution in [2.45, 2.75) is 12.2 Å². The molecule has 2 aliphatic rings. The number of fused-ring (bicyclic) bond motifs is 3. The standard InChI is InChI=1S/C22H14O3/c23-11-4-5-12-16(9-11)13-6-7-15-20-18-10(8-17(12)19(13)20)2-1-3-14(18)21(24)22(15)25/h1-9,21-25H/t21-,22-/m1/s1. The Morgan fingerprint density at radius 2 is 1.36 bits per heavy atom. The van der Waals surface area contributed by atoms with E-state index < -0.39 is 12.2 Å². The highest BCUT2D eigenvalue weighted by atomic mass is 16.3. The average Bonchev–Trinajstić information content (AvgIpc) is 2.93. The number of benzene rings is 4. The highest BCUT2D eigenvalue weighted by molar-refractivity contribution is 6.25. The van der Waals surface area contributed by atoms with Gasteiger partial charge >= 0.3 is 0 Å². The zero-order chi connectivity index (χ0) is 16.9. The van der Waals surface area contributed by atoms with Crippen LogP contribution in [-0.2, 0) is 0 Å². The highest BCUT2D eigenvalue weighted by Crippen LogP contribution is 2.54. The fraction of sp³-hybridized carbons (Fsp3) is 0.0909. The van der Waals surface area contributed by atoms with Crippen molar-refractivity contribution in [2.75, 3.05) is 0 Å². The van der Waals surface area contributed by atoms with Crippen LogP contribution < -0.4 is 0 Å². The van der Waals surface area contributed by atoms with Crippen molar-refractivity contribution in [1.29, 1.82) is 0 Å². The molecule has 120 valence electrons. The third-order valence-electron chi connectivity index (χ3n) is 5.71. The van der Waals surface area contributed by atoms with Gasteiger partial charge < -0.3 is 15.3 Å². The molecule has 0 saturated carbocycles. The Morgan fingerprint density at radius 3 is 2.20 bits per heavy atom. The maximum Gasteiger partial charge on any atom is 0.116 e. The Balaban J connectivity index is 1.92. The van der Waals surface area contributed by atoms with Gasteiger partial charge in [0.1, 0.15) is 18.0 Å². The summed E-state index contributed by atoms with van der Waals surface area (Å²) in [4.78, 5) is 0. The second-order valence-corrected chi connectivity index (χ2v) is 6.94. The van der Waals surface area contributed by atoms with Crippen LogP contribution >= 0.6 is 0 Å². The van der Waals surface area contributed by atoms with Crippen molar-refractivity contribution in [3.8, 4) is 28.0 Å². The quantitative estimate of drug-likeness (QED) is 0.369. The Morgan fingerprint density at radius 1 is 0.600 bits per heavy atom. The molecule has 25 heavy (non-hydrogen) atoms. The van der Waals surface area contributed by atoms with E-state index in [1.165, 1.54) is 0 Å². The summed E-state index contributed by atoms with van der Waals surface area (Å²) >= 11 is 0. The molecule has 0 fully saturated rings. The summed E-state index contributed by atoms with van der Waals surface area (Å²) in [6, 6.07) is 17.4. The Kier molecular flexibility index (Phi) is 2.25. The molecule has 3 N–H and O–H groups in total. The molecule has 0 spiro atoms. The lowest BCUT2D eigenvalue weighted by atomic mass is 9.81. The molecule has 4 aromatic carbocycles. The van der Waals surface area contributed by atoms with Crippen LogP contribution in [0.2, 0.25) is 0 Å². The van der Waals surface area contributed by atoms with Crippen molar-refractivity contribution >= 4 is 21.5 Å². The molecule has 0 saturated heterocycles. The van der Waals surface area contributed by atoms with Gasteiger partial charge in [-0.2, -0.15) is 0 Å². The lowest BCUT2D eigenvalue weighted by Gasteiger charge is -2.28. The fourth-order valence-electron chi connectivity index (χ4n) is 4.65. The lowest BCUT2D eigenvalue weighted by Crippen LogP contribution is -2.15. The molecular formula is C22H14O3. The SMILES string of the molecule is Oc1ccc2c(c1)-c1ccc3c4c1c-2cc1cccc(c14)[C@@H](O)[C@@H]3O. The topological polar surface area (TPSA) is 60.7 Å². The summed E-state index contributed by atoms with van der Waals surface area (Å²) < 4.78 is 0. The van der Waals surface area contributed by atoms with Crippen LogP contribution in [0.15, 0.2) is 54.6 Å². The maximum absolute atomic E-state index is 10.7. The number of phenols is 1. The van der Waals surface area contributed by atoms with Crippen molar-refractivity contribution < 1.29 is 15.3 Å². The van der Waals surface area contributed by atoms with Gasteiger partial charge in [-0.15, -0.1) is 0 Å². The molecule has 3 heteroatoms. The average molecular weight is 326 g/mol. The third kappa shape index (κ3) is 1.44. The monoisotopic (exact) mass is 326 g/mol. The van der Waals surface area contributed by atoms with Crippen LogP contribution in [0.4, 0.5) is 0 Å². The molecule has 0 aromatic heterocycles. The van der Waals surface area contributed by atoms with Crippen LogP contribution in [0, 0.1) is 0 Å². The van der Waals surface area contributed by atoms with E-state index >= 15 is 0 Å². The molecule has 0 aliphatic heterocycles. The van der Waals surface area contributed by atoms with Gasteiger partial charge in [0.2, 0.25) is 0 Å². The zero-order valence-corrected chi connectivity index (χ0v) is 13.2. The maximum atomic E-state index is 10.7. The van der Waals surface area contributed by atoms with Gasteiger partial charge in [0.05, 0.1) is 0 Å². The largest absolute Gasteiger partial charge is 0.508 e. The van der Waals surface area contributed by atoms with E-state index in [2.05, 4.69) is 6.07 Å². The summed E-state index contributed by atoms with van der Waals surface area (Å²) in [5, 5.41) is 35.4. The summed E-state index contributed by atoms with van der Waals surface area (Å²) in [6.07, 6.45) is -1.84. The Labute approximate surface area is 143 Å². The van der Waals surface area contributed by atoms with Gasteiger partial charge in [0.25, 0.3) is 0 Å². The first kappa shape index (κ1) is 13.4. The van der Waals surface area contributed by atoms with Crippen LogP contribution in [-0.4, -0.2) is 15.3 Å². The second kappa shape index (κ2) is 4.20. The number of hydrogen-bond donors (Lipinski definition) is 3. The van der Waals surface area contributed by atoms with Crippen LogP contribution in [0.25, 0.3) is 43.8 Å². The summed E-state index contributed by atoms with van der Waals surface area (Å²) in [5.74, 6) is 0.247.